The van der Waals surface area contributed by atoms with E-state index in [-0.39, 0.29) is 0 Å². The van der Waals surface area contributed by atoms with Gasteiger partial charge in [0.05, 0.1) is 7.11 Å². The Labute approximate surface area is 75.0 Å². The van der Waals surface area contributed by atoms with E-state index in [4.69, 9.17) is 16.0 Å². The maximum atomic E-state index is 10.7. The number of primary amides is 1. The molecule has 1 rings (SSSR count). The van der Waals surface area contributed by atoms with E-state index >= 15 is 0 Å². The fraction of sp³-hybridized carbons (Fsp3) is 0.125. The van der Waals surface area contributed by atoms with Crippen molar-refractivity contribution in [2.24, 2.45) is 10.8 Å². The largest absolute Gasteiger partial charge is 0.494 e. The van der Waals surface area contributed by atoms with Crippen molar-refractivity contribution in [1.29, 1.82) is 5.53 Å². The first-order chi connectivity index (χ1) is 6.19. The number of nitrogens with one attached hydrogen (secondary N) is 1. The fourth-order valence-electron chi connectivity index (χ4n) is 0.931. The van der Waals surface area contributed by atoms with Crippen molar-refractivity contribution in [3.05, 3.63) is 23.8 Å². The second-order valence-electron chi connectivity index (χ2n) is 2.36. The smallest absolute Gasteiger partial charge is 0.248 e. The van der Waals surface area contributed by atoms with Gasteiger partial charge in [0.15, 0.2) is 0 Å². The van der Waals surface area contributed by atoms with Crippen molar-refractivity contribution in [2.45, 2.75) is 0 Å². The van der Waals surface area contributed by atoms with Crippen LogP contribution in [0.1, 0.15) is 10.4 Å². The number of benzene rings is 1. The van der Waals surface area contributed by atoms with Gasteiger partial charge in [-0.2, -0.15) is 5.11 Å². The lowest BCUT2D eigenvalue weighted by molar-refractivity contribution is 0.100. The summed E-state index contributed by atoms with van der Waals surface area (Å²) in [4.78, 5) is 10.7. The molecule has 0 spiro atoms. The van der Waals surface area contributed by atoms with Gasteiger partial charge in [-0.05, 0) is 18.2 Å². The summed E-state index contributed by atoms with van der Waals surface area (Å²) in [5, 5.41) is 3.20. The summed E-state index contributed by atoms with van der Waals surface area (Å²) in [6.45, 7) is 0. The average molecular weight is 179 g/mol. The predicted octanol–water partition coefficient (Wildman–Crippen LogP) is 1.46. The van der Waals surface area contributed by atoms with E-state index in [1.165, 1.54) is 19.2 Å². The Balaban J connectivity index is 3.20. The topological polar surface area (TPSA) is 88.5 Å². The van der Waals surface area contributed by atoms with Crippen molar-refractivity contribution in [3.63, 3.8) is 0 Å². The maximum Gasteiger partial charge on any atom is 0.248 e. The molecule has 1 aromatic carbocycles. The Morgan fingerprint density at radius 1 is 1.62 bits per heavy atom. The molecule has 0 aromatic heterocycles. The number of nitrogens with zero attached hydrogens (tertiary/aromatic N) is 1. The van der Waals surface area contributed by atoms with E-state index in [2.05, 4.69) is 5.11 Å². The van der Waals surface area contributed by atoms with Gasteiger partial charge in [0.25, 0.3) is 0 Å². The molecule has 0 atom stereocenters. The highest BCUT2D eigenvalue weighted by atomic mass is 16.5. The van der Waals surface area contributed by atoms with Crippen LogP contribution in [0.3, 0.4) is 0 Å². The molecule has 0 radical (unpaired) electrons. The number of carbonyl (C=O) groups is 1. The van der Waals surface area contributed by atoms with Gasteiger partial charge in [-0.3, -0.25) is 4.79 Å². The highest BCUT2D eigenvalue weighted by molar-refractivity contribution is 5.94. The van der Waals surface area contributed by atoms with Gasteiger partial charge in [-0.25, -0.2) is 5.53 Å². The van der Waals surface area contributed by atoms with Crippen LogP contribution in [0.5, 0.6) is 5.75 Å². The van der Waals surface area contributed by atoms with Crippen molar-refractivity contribution in [1.82, 2.24) is 0 Å². The third-order valence-corrected chi connectivity index (χ3v) is 1.58. The third kappa shape index (κ3) is 1.81. The zero-order valence-electron chi connectivity index (χ0n) is 7.07. The third-order valence-electron chi connectivity index (χ3n) is 1.58. The summed E-state index contributed by atoms with van der Waals surface area (Å²) in [7, 11) is 1.47. The molecule has 0 aliphatic heterocycles. The van der Waals surface area contributed by atoms with E-state index in [0.29, 0.717) is 17.0 Å². The Kier molecular flexibility index (Phi) is 2.59. The van der Waals surface area contributed by atoms with Crippen LogP contribution in [0.4, 0.5) is 5.69 Å². The van der Waals surface area contributed by atoms with Crippen molar-refractivity contribution in [2.75, 3.05) is 7.11 Å². The Bertz CT molecular complexity index is 349. The Hall–Kier alpha value is -1.91. The van der Waals surface area contributed by atoms with Crippen LogP contribution >= 0.6 is 0 Å². The molecule has 0 aliphatic carbocycles. The minimum Gasteiger partial charge on any atom is -0.494 e. The molecular weight excluding hydrogens is 170 g/mol. The number of nitrogens with two attached hydrogens (primary N) is 1. The fourth-order valence-corrected chi connectivity index (χ4v) is 0.931. The van der Waals surface area contributed by atoms with Crippen LogP contribution < -0.4 is 10.5 Å². The molecule has 0 saturated heterocycles. The quantitative estimate of drug-likeness (QED) is 0.688. The van der Waals surface area contributed by atoms with E-state index in [1.807, 2.05) is 0 Å². The summed E-state index contributed by atoms with van der Waals surface area (Å²) < 4.78 is 4.91. The number of rotatable bonds is 3. The predicted molar refractivity (Wildman–Crippen MR) is 46.3 cm³/mol. The van der Waals surface area contributed by atoms with Crippen LogP contribution in [0, 0.1) is 5.53 Å². The number of methoxy groups -OCH3 is 1. The van der Waals surface area contributed by atoms with E-state index in [1.54, 1.807) is 6.07 Å². The molecule has 5 heteroatoms. The SMILES string of the molecule is COc1ccc(C(N)=O)cc1N=N. The Morgan fingerprint density at radius 2 is 2.31 bits per heavy atom. The van der Waals surface area contributed by atoms with Crippen molar-refractivity contribution >= 4 is 11.6 Å². The van der Waals surface area contributed by atoms with E-state index < -0.39 is 5.91 Å². The van der Waals surface area contributed by atoms with Gasteiger partial charge in [0.1, 0.15) is 11.4 Å². The molecule has 13 heavy (non-hydrogen) atoms. The second-order valence-corrected chi connectivity index (χ2v) is 2.36. The minimum absolute atomic E-state index is 0.291. The van der Waals surface area contributed by atoms with Crippen LogP contribution in [-0.4, -0.2) is 13.0 Å². The molecule has 5 nitrogen and oxygen atoms in total. The van der Waals surface area contributed by atoms with Crippen LogP contribution in [-0.2, 0) is 0 Å². The highest BCUT2D eigenvalue weighted by Crippen LogP contribution is 2.27. The first-order valence-electron chi connectivity index (χ1n) is 3.54. The zero-order valence-corrected chi connectivity index (χ0v) is 7.07. The lowest BCUT2D eigenvalue weighted by Crippen LogP contribution is -2.10. The first kappa shape index (κ1) is 9.18. The van der Waals surface area contributed by atoms with Crippen molar-refractivity contribution < 1.29 is 9.53 Å². The Morgan fingerprint density at radius 3 is 2.77 bits per heavy atom. The van der Waals surface area contributed by atoms with Crippen LogP contribution in [0.15, 0.2) is 23.3 Å². The lowest BCUT2D eigenvalue weighted by Gasteiger charge is -2.03. The molecule has 0 aliphatic rings. The number of hydrogen-bond donors (Lipinski definition) is 2. The molecule has 0 unspecified atom stereocenters. The van der Waals surface area contributed by atoms with Gasteiger partial charge in [0, 0.05) is 5.56 Å². The van der Waals surface area contributed by atoms with Gasteiger partial charge in [0.2, 0.25) is 5.91 Å². The first-order valence-corrected chi connectivity index (χ1v) is 3.54. The monoisotopic (exact) mass is 179 g/mol. The molecule has 0 heterocycles. The summed E-state index contributed by atoms with van der Waals surface area (Å²) in [5.74, 6) is -0.104. The molecule has 0 saturated carbocycles. The summed E-state index contributed by atoms with van der Waals surface area (Å²) in [6, 6.07) is 4.48. The molecule has 0 fully saturated rings. The summed E-state index contributed by atoms with van der Waals surface area (Å²) >= 11 is 0. The maximum absolute atomic E-state index is 10.7. The van der Waals surface area contributed by atoms with Gasteiger partial charge in [-0.1, -0.05) is 0 Å². The van der Waals surface area contributed by atoms with Gasteiger partial charge in [-0.15, -0.1) is 0 Å². The van der Waals surface area contributed by atoms with Gasteiger partial charge < -0.3 is 10.5 Å². The molecule has 68 valence electrons. The van der Waals surface area contributed by atoms with Gasteiger partial charge >= 0.3 is 0 Å². The average Bonchev–Trinajstić information content (AvgIpc) is 2.16. The molecular formula is C8H9N3O2. The normalized spacial score (nSPS) is 9.31. The standard InChI is InChI=1S/C8H9N3O2/c1-13-7-3-2-5(8(9)12)4-6(7)11-10/h2-4,10H,1H3,(H2,9,12). The minimum atomic E-state index is -0.549. The summed E-state index contributed by atoms with van der Waals surface area (Å²) in [6.07, 6.45) is 0. The van der Waals surface area contributed by atoms with E-state index in [0.717, 1.165) is 0 Å². The summed E-state index contributed by atoms with van der Waals surface area (Å²) in [5.41, 5.74) is 12.5. The van der Waals surface area contributed by atoms with Crippen LogP contribution in [0.25, 0.3) is 0 Å². The zero-order chi connectivity index (χ0) is 9.84. The highest BCUT2D eigenvalue weighted by Gasteiger charge is 2.06. The van der Waals surface area contributed by atoms with Crippen LogP contribution in [0.2, 0.25) is 0 Å². The van der Waals surface area contributed by atoms with Crippen molar-refractivity contribution in [3.8, 4) is 5.75 Å². The number of carbonyl (C=O) groups excluding carboxylic acids is 1. The number of hydrogen-bond acceptors (Lipinski definition) is 4. The second kappa shape index (κ2) is 3.66. The van der Waals surface area contributed by atoms with E-state index in [9.17, 15) is 4.79 Å². The number of ether oxygens (including phenoxy) is 1. The number of amides is 1. The molecule has 0 bridgehead atoms. The molecule has 1 aromatic rings. The lowest BCUT2D eigenvalue weighted by atomic mass is 10.2. The molecule has 3 N–H and O–H groups in total. The molecule has 1 amide bonds.